The molecule has 0 radical (unpaired) electrons. The van der Waals surface area contributed by atoms with Gasteiger partial charge < -0.3 is 5.32 Å². The highest BCUT2D eigenvalue weighted by Gasteiger charge is 2.21. The van der Waals surface area contributed by atoms with Crippen LogP contribution in [-0.2, 0) is 0 Å². The van der Waals surface area contributed by atoms with Crippen molar-refractivity contribution in [2.45, 2.75) is 33.7 Å². The van der Waals surface area contributed by atoms with Crippen LogP contribution in [0.2, 0.25) is 0 Å². The van der Waals surface area contributed by atoms with Crippen molar-refractivity contribution < 1.29 is 4.79 Å². The van der Waals surface area contributed by atoms with Gasteiger partial charge in [-0.3, -0.25) is 4.79 Å². The third-order valence-electron chi connectivity index (χ3n) is 2.68. The van der Waals surface area contributed by atoms with E-state index in [1.54, 1.807) is 0 Å². The summed E-state index contributed by atoms with van der Waals surface area (Å²) in [6.45, 7) is 8.37. The molecule has 0 saturated heterocycles. The van der Waals surface area contributed by atoms with E-state index in [0.29, 0.717) is 5.56 Å². The summed E-state index contributed by atoms with van der Waals surface area (Å²) in [6.07, 6.45) is 0. The Morgan fingerprint density at radius 1 is 1.20 bits per heavy atom. The van der Waals surface area contributed by atoms with Gasteiger partial charge >= 0.3 is 0 Å². The number of carbonyl (C=O) groups is 1. The molecule has 2 nitrogen and oxygen atoms in total. The number of carbonyl (C=O) groups excluding carboxylic acids is 1. The molecular formula is C13H19NO. The van der Waals surface area contributed by atoms with Crippen LogP contribution >= 0.6 is 0 Å². The Morgan fingerprint density at radius 3 is 2.20 bits per heavy atom. The normalized spacial score (nSPS) is 13.3. The first kappa shape index (κ1) is 11.8. The van der Waals surface area contributed by atoms with Crippen LogP contribution in [0.25, 0.3) is 0 Å². The molecule has 0 aliphatic heterocycles. The second-order valence-electron chi connectivity index (χ2n) is 4.93. The zero-order chi connectivity index (χ0) is 11.5. The molecule has 0 spiro atoms. The zero-order valence-corrected chi connectivity index (χ0v) is 9.87. The SMILES string of the molecule is C[C@H](NC(=O)c1ccccc1)C(C)(C)C. The summed E-state index contributed by atoms with van der Waals surface area (Å²) in [5.74, 6) is -0.00183. The fourth-order valence-electron chi connectivity index (χ4n) is 1.09. The summed E-state index contributed by atoms with van der Waals surface area (Å²) in [4.78, 5) is 11.8. The van der Waals surface area contributed by atoms with Gasteiger partial charge in [0, 0.05) is 11.6 Å². The van der Waals surface area contributed by atoms with Gasteiger partial charge in [-0.15, -0.1) is 0 Å². The number of hydrogen-bond donors (Lipinski definition) is 1. The lowest BCUT2D eigenvalue weighted by atomic mass is 9.88. The standard InChI is InChI=1S/C13H19NO/c1-10(13(2,3)4)14-12(15)11-8-6-5-7-9-11/h5-10H,1-4H3,(H,14,15)/t10-/m0/s1. The maximum absolute atomic E-state index is 11.8. The van der Waals surface area contributed by atoms with Crippen LogP contribution < -0.4 is 5.32 Å². The van der Waals surface area contributed by atoms with Crippen LogP contribution in [-0.4, -0.2) is 11.9 Å². The third kappa shape index (κ3) is 3.39. The maximum atomic E-state index is 11.8. The molecule has 0 bridgehead atoms. The second kappa shape index (κ2) is 4.47. The molecular weight excluding hydrogens is 186 g/mol. The van der Waals surface area contributed by atoms with Gasteiger partial charge in [-0.05, 0) is 24.5 Å². The first-order chi connectivity index (χ1) is 6.91. The van der Waals surface area contributed by atoms with E-state index in [-0.39, 0.29) is 17.4 Å². The smallest absolute Gasteiger partial charge is 0.251 e. The van der Waals surface area contributed by atoms with Gasteiger partial charge in [0.1, 0.15) is 0 Å². The van der Waals surface area contributed by atoms with Crippen molar-refractivity contribution in [3.8, 4) is 0 Å². The van der Waals surface area contributed by atoms with E-state index in [4.69, 9.17) is 0 Å². The molecule has 1 aromatic carbocycles. The summed E-state index contributed by atoms with van der Waals surface area (Å²) < 4.78 is 0. The van der Waals surface area contributed by atoms with E-state index in [1.165, 1.54) is 0 Å². The zero-order valence-electron chi connectivity index (χ0n) is 9.87. The molecule has 1 amide bonds. The number of benzene rings is 1. The lowest BCUT2D eigenvalue weighted by molar-refractivity contribution is 0.0910. The molecule has 1 atom stereocenters. The first-order valence-electron chi connectivity index (χ1n) is 5.27. The number of hydrogen-bond acceptors (Lipinski definition) is 1. The van der Waals surface area contributed by atoms with Crippen molar-refractivity contribution in [1.82, 2.24) is 5.32 Å². The summed E-state index contributed by atoms with van der Waals surface area (Å²) in [6, 6.07) is 9.46. The van der Waals surface area contributed by atoms with Crippen LogP contribution in [0.5, 0.6) is 0 Å². The Kier molecular flexibility index (Phi) is 3.51. The topological polar surface area (TPSA) is 29.1 Å². The molecule has 15 heavy (non-hydrogen) atoms. The predicted octanol–water partition coefficient (Wildman–Crippen LogP) is 2.85. The molecule has 0 aliphatic carbocycles. The number of nitrogens with one attached hydrogen (secondary N) is 1. The molecule has 0 fully saturated rings. The van der Waals surface area contributed by atoms with E-state index >= 15 is 0 Å². The van der Waals surface area contributed by atoms with E-state index in [9.17, 15) is 4.79 Å². The summed E-state index contributed by atoms with van der Waals surface area (Å²) >= 11 is 0. The highest BCUT2D eigenvalue weighted by atomic mass is 16.1. The molecule has 82 valence electrons. The van der Waals surface area contributed by atoms with Crippen molar-refractivity contribution >= 4 is 5.91 Å². The van der Waals surface area contributed by atoms with Crippen molar-refractivity contribution in [1.29, 1.82) is 0 Å². The highest BCUT2D eigenvalue weighted by Crippen LogP contribution is 2.18. The monoisotopic (exact) mass is 205 g/mol. The summed E-state index contributed by atoms with van der Waals surface area (Å²) in [5.41, 5.74) is 0.804. The predicted molar refractivity (Wildman–Crippen MR) is 62.8 cm³/mol. The lowest BCUT2D eigenvalue weighted by Crippen LogP contribution is -2.41. The van der Waals surface area contributed by atoms with E-state index in [2.05, 4.69) is 26.1 Å². The first-order valence-corrected chi connectivity index (χ1v) is 5.27. The van der Waals surface area contributed by atoms with Gasteiger partial charge in [0.05, 0.1) is 0 Å². The quantitative estimate of drug-likeness (QED) is 0.790. The Labute approximate surface area is 91.7 Å². The maximum Gasteiger partial charge on any atom is 0.251 e. The summed E-state index contributed by atoms with van der Waals surface area (Å²) in [7, 11) is 0. The minimum atomic E-state index is -0.00183. The van der Waals surface area contributed by atoms with Crippen LogP contribution in [0, 0.1) is 5.41 Å². The minimum Gasteiger partial charge on any atom is -0.349 e. The van der Waals surface area contributed by atoms with Gasteiger partial charge in [-0.1, -0.05) is 39.0 Å². The van der Waals surface area contributed by atoms with Crippen LogP contribution in [0.15, 0.2) is 30.3 Å². The van der Waals surface area contributed by atoms with Gasteiger partial charge in [0.15, 0.2) is 0 Å². The summed E-state index contributed by atoms with van der Waals surface area (Å²) in [5, 5.41) is 3.00. The van der Waals surface area contributed by atoms with Crippen LogP contribution in [0.4, 0.5) is 0 Å². The van der Waals surface area contributed by atoms with Crippen molar-refractivity contribution in [3.63, 3.8) is 0 Å². The molecule has 0 aliphatic rings. The second-order valence-corrected chi connectivity index (χ2v) is 4.93. The van der Waals surface area contributed by atoms with Crippen LogP contribution in [0.1, 0.15) is 38.1 Å². The minimum absolute atomic E-state index is 0.00183. The molecule has 2 heteroatoms. The largest absolute Gasteiger partial charge is 0.349 e. The molecule has 0 unspecified atom stereocenters. The molecule has 1 aromatic rings. The fourth-order valence-corrected chi connectivity index (χ4v) is 1.09. The highest BCUT2D eigenvalue weighted by molar-refractivity contribution is 5.94. The Balaban J connectivity index is 2.65. The average Bonchev–Trinajstić information content (AvgIpc) is 2.17. The van der Waals surface area contributed by atoms with Crippen LogP contribution in [0.3, 0.4) is 0 Å². The van der Waals surface area contributed by atoms with E-state index in [1.807, 2.05) is 37.3 Å². The van der Waals surface area contributed by atoms with Gasteiger partial charge in [-0.2, -0.15) is 0 Å². The van der Waals surface area contributed by atoms with Crippen molar-refractivity contribution in [2.24, 2.45) is 5.41 Å². The van der Waals surface area contributed by atoms with Gasteiger partial charge in [0.25, 0.3) is 5.91 Å². The van der Waals surface area contributed by atoms with E-state index < -0.39 is 0 Å². The van der Waals surface area contributed by atoms with Crippen molar-refractivity contribution in [3.05, 3.63) is 35.9 Å². The van der Waals surface area contributed by atoms with E-state index in [0.717, 1.165) is 0 Å². The average molecular weight is 205 g/mol. The van der Waals surface area contributed by atoms with Gasteiger partial charge in [0.2, 0.25) is 0 Å². The Bertz CT molecular complexity index is 324. The number of rotatable bonds is 2. The molecule has 0 aromatic heterocycles. The number of amides is 1. The molecule has 0 heterocycles. The molecule has 1 N–H and O–H groups in total. The molecule has 1 rings (SSSR count). The lowest BCUT2D eigenvalue weighted by Gasteiger charge is -2.28. The fraction of sp³-hybridized carbons (Fsp3) is 0.462. The molecule has 0 saturated carbocycles. The van der Waals surface area contributed by atoms with Gasteiger partial charge in [-0.25, -0.2) is 0 Å². The Morgan fingerprint density at radius 2 is 1.73 bits per heavy atom. The van der Waals surface area contributed by atoms with Crippen molar-refractivity contribution in [2.75, 3.05) is 0 Å². The third-order valence-corrected chi connectivity index (χ3v) is 2.68. The Hall–Kier alpha value is -1.31.